The monoisotopic (exact) mass is 422 g/mol. The van der Waals surface area contributed by atoms with Gasteiger partial charge in [0.15, 0.2) is 6.04 Å². The van der Waals surface area contributed by atoms with Crippen LogP contribution in [-0.4, -0.2) is 28.9 Å². The standard InChI is InChI=1S/C22H25F3N2O3/c1-15-9-11-16(12-10-15)14-27(21(29)22(23,24)25)19(18-8-5-13-30-18)20(28)26-17-6-3-2-4-7-17/h5,8-13,17,19H,2-4,6-7,14H2,1H3,(H,26,28)/t19-/m0/s1. The lowest BCUT2D eigenvalue weighted by molar-refractivity contribution is -0.190. The molecule has 0 saturated heterocycles. The van der Waals surface area contributed by atoms with Crippen LogP contribution in [0.4, 0.5) is 13.2 Å². The molecule has 0 bridgehead atoms. The molecule has 1 aliphatic rings. The van der Waals surface area contributed by atoms with Gasteiger partial charge in [0.05, 0.1) is 6.26 Å². The van der Waals surface area contributed by atoms with Crippen LogP contribution in [0.25, 0.3) is 0 Å². The molecule has 1 atom stereocenters. The highest BCUT2D eigenvalue weighted by atomic mass is 19.4. The Labute approximate surface area is 173 Å². The summed E-state index contributed by atoms with van der Waals surface area (Å²) in [5.41, 5.74) is 1.42. The Morgan fingerprint density at radius 2 is 1.80 bits per heavy atom. The van der Waals surface area contributed by atoms with Gasteiger partial charge in [-0.15, -0.1) is 0 Å². The summed E-state index contributed by atoms with van der Waals surface area (Å²) in [6.07, 6.45) is 0.651. The van der Waals surface area contributed by atoms with Crippen molar-refractivity contribution in [3.8, 4) is 0 Å². The van der Waals surface area contributed by atoms with E-state index in [1.165, 1.54) is 18.4 Å². The number of amides is 2. The fraction of sp³-hybridized carbons (Fsp3) is 0.455. The Morgan fingerprint density at radius 1 is 1.13 bits per heavy atom. The molecule has 30 heavy (non-hydrogen) atoms. The second kappa shape index (κ2) is 9.36. The van der Waals surface area contributed by atoms with Crippen LogP contribution in [0, 0.1) is 6.92 Å². The van der Waals surface area contributed by atoms with Crippen LogP contribution in [0.3, 0.4) is 0 Å². The summed E-state index contributed by atoms with van der Waals surface area (Å²) < 4.78 is 45.6. The lowest BCUT2D eigenvalue weighted by Crippen LogP contribution is -2.50. The zero-order valence-electron chi connectivity index (χ0n) is 16.7. The molecule has 162 valence electrons. The molecule has 2 aromatic rings. The minimum atomic E-state index is -5.12. The molecule has 1 fully saturated rings. The van der Waals surface area contributed by atoms with E-state index in [0.717, 1.165) is 37.7 Å². The number of hydrogen-bond acceptors (Lipinski definition) is 3. The smallest absolute Gasteiger partial charge is 0.467 e. The Bertz CT molecular complexity index is 842. The molecule has 0 unspecified atom stereocenters. The van der Waals surface area contributed by atoms with E-state index >= 15 is 0 Å². The van der Waals surface area contributed by atoms with Crippen molar-refractivity contribution in [2.75, 3.05) is 0 Å². The quantitative estimate of drug-likeness (QED) is 0.736. The van der Waals surface area contributed by atoms with E-state index in [-0.39, 0.29) is 18.3 Å². The van der Waals surface area contributed by atoms with Crippen LogP contribution in [0.5, 0.6) is 0 Å². The molecule has 2 amide bonds. The summed E-state index contributed by atoms with van der Waals surface area (Å²) in [6.45, 7) is 1.48. The Balaban J connectivity index is 1.94. The highest BCUT2D eigenvalue weighted by Gasteiger charge is 2.47. The molecule has 1 heterocycles. The number of carbonyl (C=O) groups excluding carboxylic acids is 2. The number of aryl methyl sites for hydroxylation is 1. The first kappa shape index (κ1) is 21.9. The Hall–Kier alpha value is -2.77. The lowest BCUT2D eigenvalue weighted by Gasteiger charge is -2.32. The average Bonchev–Trinajstić information content (AvgIpc) is 3.23. The Morgan fingerprint density at radius 3 is 2.37 bits per heavy atom. The van der Waals surface area contributed by atoms with Crippen molar-refractivity contribution in [2.24, 2.45) is 0 Å². The average molecular weight is 422 g/mol. The van der Waals surface area contributed by atoms with E-state index in [1.807, 2.05) is 6.92 Å². The number of nitrogens with zero attached hydrogens (tertiary/aromatic N) is 1. The molecule has 1 aromatic heterocycles. The molecule has 1 saturated carbocycles. The maximum atomic E-state index is 13.4. The van der Waals surface area contributed by atoms with E-state index < -0.39 is 24.0 Å². The number of benzene rings is 1. The number of carbonyl (C=O) groups is 2. The van der Waals surface area contributed by atoms with Crippen molar-refractivity contribution in [3.05, 3.63) is 59.5 Å². The summed E-state index contributed by atoms with van der Waals surface area (Å²) in [5, 5.41) is 2.83. The molecule has 3 rings (SSSR count). The van der Waals surface area contributed by atoms with Gasteiger partial charge in [-0.05, 0) is 37.5 Å². The number of rotatable bonds is 6. The van der Waals surface area contributed by atoms with E-state index in [0.29, 0.717) is 10.5 Å². The largest absolute Gasteiger partial charge is 0.471 e. The SMILES string of the molecule is Cc1ccc(CN(C(=O)C(F)(F)F)[C@H](C(=O)NC2CCCCC2)c2ccco2)cc1. The van der Waals surface area contributed by atoms with Gasteiger partial charge in [-0.3, -0.25) is 9.59 Å². The fourth-order valence-electron chi connectivity index (χ4n) is 3.73. The minimum Gasteiger partial charge on any atom is -0.467 e. The van der Waals surface area contributed by atoms with Crippen molar-refractivity contribution in [3.63, 3.8) is 0 Å². The van der Waals surface area contributed by atoms with Gasteiger partial charge in [-0.25, -0.2) is 0 Å². The van der Waals surface area contributed by atoms with Crippen LogP contribution < -0.4 is 5.32 Å². The number of hydrogen-bond donors (Lipinski definition) is 1. The summed E-state index contributed by atoms with van der Waals surface area (Å²) in [7, 11) is 0. The first-order valence-corrected chi connectivity index (χ1v) is 10.0. The highest BCUT2D eigenvalue weighted by Crippen LogP contribution is 2.30. The molecule has 0 radical (unpaired) electrons. The predicted molar refractivity (Wildman–Crippen MR) is 104 cm³/mol. The van der Waals surface area contributed by atoms with Gasteiger partial charge < -0.3 is 14.6 Å². The first-order chi connectivity index (χ1) is 14.3. The molecular formula is C22H25F3N2O3. The van der Waals surface area contributed by atoms with Crippen LogP contribution >= 0.6 is 0 Å². The minimum absolute atomic E-state index is 0.00646. The predicted octanol–water partition coefficient (Wildman–Crippen LogP) is 4.67. The van der Waals surface area contributed by atoms with E-state index in [2.05, 4.69) is 5.32 Å². The normalized spacial score (nSPS) is 16.1. The van der Waals surface area contributed by atoms with Crippen molar-refractivity contribution < 1.29 is 27.2 Å². The molecule has 0 aliphatic heterocycles. The van der Waals surface area contributed by atoms with E-state index in [9.17, 15) is 22.8 Å². The molecule has 0 spiro atoms. The summed E-state index contributed by atoms with van der Waals surface area (Å²) >= 11 is 0. The zero-order valence-corrected chi connectivity index (χ0v) is 16.7. The molecular weight excluding hydrogens is 397 g/mol. The van der Waals surface area contributed by atoms with Crippen LogP contribution in [0.15, 0.2) is 47.1 Å². The maximum Gasteiger partial charge on any atom is 0.471 e. The summed E-state index contributed by atoms with van der Waals surface area (Å²) in [5.74, 6) is -2.75. The Kier molecular flexibility index (Phi) is 6.84. The van der Waals surface area contributed by atoms with Gasteiger partial charge >= 0.3 is 12.1 Å². The molecule has 8 heteroatoms. The molecule has 1 aromatic carbocycles. The van der Waals surface area contributed by atoms with Gasteiger partial charge in [0.2, 0.25) is 0 Å². The lowest BCUT2D eigenvalue weighted by atomic mass is 9.95. The summed E-state index contributed by atoms with van der Waals surface area (Å²) in [6, 6.07) is 8.04. The van der Waals surface area contributed by atoms with Crippen molar-refractivity contribution in [1.82, 2.24) is 10.2 Å². The third-order valence-corrected chi connectivity index (χ3v) is 5.30. The molecule has 1 aliphatic carbocycles. The van der Waals surface area contributed by atoms with Gasteiger partial charge in [-0.1, -0.05) is 49.1 Å². The van der Waals surface area contributed by atoms with Crippen LogP contribution in [0.1, 0.15) is 55.0 Å². The second-order valence-corrected chi connectivity index (χ2v) is 7.68. The van der Waals surface area contributed by atoms with Crippen LogP contribution in [0.2, 0.25) is 0 Å². The molecule has 5 nitrogen and oxygen atoms in total. The van der Waals surface area contributed by atoms with Gasteiger partial charge in [0.1, 0.15) is 5.76 Å². The second-order valence-electron chi connectivity index (χ2n) is 7.68. The van der Waals surface area contributed by atoms with Gasteiger partial charge in [0, 0.05) is 12.6 Å². The van der Waals surface area contributed by atoms with Crippen molar-refractivity contribution in [1.29, 1.82) is 0 Å². The number of alkyl halides is 3. The van der Waals surface area contributed by atoms with Gasteiger partial charge in [0.25, 0.3) is 5.91 Å². The number of halogens is 3. The number of furan rings is 1. The third-order valence-electron chi connectivity index (χ3n) is 5.30. The summed E-state index contributed by atoms with van der Waals surface area (Å²) in [4.78, 5) is 26.0. The first-order valence-electron chi connectivity index (χ1n) is 10.0. The topological polar surface area (TPSA) is 62.6 Å². The van der Waals surface area contributed by atoms with E-state index in [1.54, 1.807) is 24.3 Å². The maximum absolute atomic E-state index is 13.4. The third kappa shape index (κ3) is 5.43. The highest BCUT2D eigenvalue weighted by molar-refractivity contribution is 5.90. The van der Waals surface area contributed by atoms with E-state index in [4.69, 9.17) is 4.42 Å². The van der Waals surface area contributed by atoms with Crippen molar-refractivity contribution >= 4 is 11.8 Å². The van der Waals surface area contributed by atoms with Crippen LogP contribution in [-0.2, 0) is 16.1 Å². The zero-order chi connectivity index (χ0) is 21.7. The molecule has 1 N–H and O–H groups in total. The number of nitrogens with one attached hydrogen (secondary N) is 1. The van der Waals surface area contributed by atoms with Gasteiger partial charge in [-0.2, -0.15) is 13.2 Å². The fourth-order valence-corrected chi connectivity index (χ4v) is 3.73. The van der Waals surface area contributed by atoms with Crippen molar-refractivity contribution in [2.45, 2.75) is 63.8 Å².